The number of hydrogen-bond acceptors (Lipinski definition) is 3. The van der Waals surface area contributed by atoms with Crippen LogP contribution < -0.4 is 16.0 Å². The predicted molar refractivity (Wildman–Crippen MR) is 93.2 cm³/mol. The van der Waals surface area contributed by atoms with Gasteiger partial charge in [-0.1, -0.05) is 30.3 Å². The third-order valence-electron chi connectivity index (χ3n) is 3.79. The Morgan fingerprint density at radius 2 is 1.84 bits per heavy atom. The fraction of sp³-hybridized carbons (Fsp3) is 0.118. The first kappa shape index (κ1) is 17.3. The van der Waals surface area contributed by atoms with Crippen LogP contribution in [0.2, 0.25) is 0 Å². The fourth-order valence-corrected chi connectivity index (χ4v) is 3.04. The van der Waals surface area contributed by atoms with Crippen molar-refractivity contribution in [2.45, 2.75) is 6.18 Å². The molecule has 130 valence electrons. The van der Waals surface area contributed by atoms with Gasteiger partial charge in [-0.05, 0) is 33.4 Å². The lowest BCUT2D eigenvalue weighted by Crippen LogP contribution is -2.29. The van der Waals surface area contributed by atoms with E-state index in [9.17, 15) is 18.0 Å². The molecule has 2 N–H and O–H groups in total. The number of halogens is 4. The van der Waals surface area contributed by atoms with Gasteiger partial charge in [-0.2, -0.15) is 13.2 Å². The maximum Gasteiger partial charge on any atom is 0.431 e. The number of ether oxygens (including phenoxy) is 1. The zero-order valence-corrected chi connectivity index (χ0v) is 14.5. The van der Waals surface area contributed by atoms with Crippen LogP contribution in [-0.2, 0) is 6.18 Å². The van der Waals surface area contributed by atoms with Crippen LogP contribution in [-0.4, -0.2) is 11.7 Å². The Morgan fingerprint density at radius 3 is 2.48 bits per heavy atom. The molecule has 0 aliphatic heterocycles. The summed E-state index contributed by atoms with van der Waals surface area (Å²) in [6, 6.07) is 10.8. The van der Waals surface area contributed by atoms with Crippen molar-refractivity contribution < 1.29 is 17.9 Å². The third kappa shape index (κ3) is 2.86. The maximum absolute atomic E-state index is 13.6. The van der Waals surface area contributed by atoms with Crippen molar-refractivity contribution >= 4 is 32.4 Å². The zero-order chi connectivity index (χ0) is 18.4. The van der Waals surface area contributed by atoms with Gasteiger partial charge in [0.05, 0.1) is 12.8 Å². The van der Waals surface area contributed by atoms with Gasteiger partial charge >= 0.3 is 6.18 Å². The SMILES string of the molecule is COc1ccc2ccccc2c1-n1c(C(F)(F)F)cc(Br)c(N)c1=O. The number of nitrogen functional groups attached to an aromatic ring is 1. The highest BCUT2D eigenvalue weighted by Gasteiger charge is 2.37. The molecule has 0 spiro atoms. The molecule has 3 rings (SSSR count). The molecule has 0 fully saturated rings. The third-order valence-corrected chi connectivity index (χ3v) is 4.45. The van der Waals surface area contributed by atoms with Crippen molar-refractivity contribution in [2.75, 3.05) is 12.8 Å². The molecule has 0 aliphatic carbocycles. The largest absolute Gasteiger partial charge is 0.495 e. The van der Waals surface area contributed by atoms with Gasteiger partial charge < -0.3 is 10.5 Å². The predicted octanol–water partition coefficient (Wildman–Crippen LogP) is 4.36. The molecular weight excluding hydrogens is 401 g/mol. The second-order valence-corrected chi connectivity index (χ2v) is 6.12. The summed E-state index contributed by atoms with van der Waals surface area (Å²) in [7, 11) is 1.33. The Hall–Kier alpha value is -2.48. The lowest BCUT2D eigenvalue weighted by atomic mass is 10.1. The lowest BCUT2D eigenvalue weighted by molar-refractivity contribution is -0.142. The molecule has 3 aromatic rings. The quantitative estimate of drug-likeness (QED) is 0.679. The average Bonchev–Trinajstić information content (AvgIpc) is 2.58. The molecule has 0 radical (unpaired) electrons. The zero-order valence-electron chi connectivity index (χ0n) is 12.9. The summed E-state index contributed by atoms with van der Waals surface area (Å²) in [6.45, 7) is 0. The molecule has 2 aromatic carbocycles. The minimum absolute atomic E-state index is 0.00266. The first-order chi connectivity index (χ1) is 11.8. The van der Waals surface area contributed by atoms with Crippen LogP contribution in [0, 0.1) is 0 Å². The number of fused-ring (bicyclic) bond motifs is 1. The summed E-state index contributed by atoms with van der Waals surface area (Å²) in [6.07, 6.45) is -4.77. The first-order valence-electron chi connectivity index (χ1n) is 7.10. The second-order valence-electron chi connectivity index (χ2n) is 5.27. The maximum atomic E-state index is 13.6. The van der Waals surface area contributed by atoms with Crippen molar-refractivity contribution in [2.24, 2.45) is 0 Å². The Kier molecular flexibility index (Phi) is 4.24. The summed E-state index contributed by atoms with van der Waals surface area (Å²) in [5.41, 5.74) is 3.24. The van der Waals surface area contributed by atoms with Crippen LogP contribution in [0.1, 0.15) is 5.69 Å². The topological polar surface area (TPSA) is 57.2 Å². The molecule has 0 aliphatic rings. The molecule has 0 amide bonds. The Morgan fingerprint density at radius 1 is 1.16 bits per heavy atom. The Bertz CT molecular complexity index is 1030. The number of nitrogens with zero attached hydrogens (tertiary/aromatic N) is 1. The van der Waals surface area contributed by atoms with Gasteiger partial charge in [-0.25, -0.2) is 0 Å². The highest BCUT2D eigenvalue weighted by molar-refractivity contribution is 9.10. The monoisotopic (exact) mass is 412 g/mol. The van der Waals surface area contributed by atoms with E-state index >= 15 is 0 Å². The van der Waals surface area contributed by atoms with Crippen LogP contribution in [0.4, 0.5) is 18.9 Å². The van der Waals surface area contributed by atoms with Gasteiger partial charge in [0, 0.05) is 9.86 Å². The highest BCUT2D eigenvalue weighted by Crippen LogP contribution is 2.37. The first-order valence-corrected chi connectivity index (χ1v) is 7.89. The lowest BCUT2D eigenvalue weighted by Gasteiger charge is -2.20. The molecule has 0 saturated heterocycles. The highest BCUT2D eigenvalue weighted by atomic mass is 79.9. The van der Waals surface area contributed by atoms with Crippen LogP contribution in [0.25, 0.3) is 16.5 Å². The van der Waals surface area contributed by atoms with Crippen molar-refractivity contribution in [3.63, 3.8) is 0 Å². The van der Waals surface area contributed by atoms with E-state index in [1.165, 1.54) is 13.2 Å². The number of aromatic nitrogens is 1. The molecule has 0 unspecified atom stereocenters. The molecular formula is C17H12BrF3N2O2. The number of methoxy groups -OCH3 is 1. The fourth-order valence-electron chi connectivity index (χ4n) is 2.66. The summed E-state index contributed by atoms with van der Waals surface area (Å²) >= 11 is 2.91. The number of hydrogen-bond donors (Lipinski definition) is 1. The molecule has 1 aromatic heterocycles. The summed E-state index contributed by atoms with van der Waals surface area (Å²) in [5, 5.41) is 1.11. The molecule has 25 heavy (non-hydrogen) atoms. The van der Waals surface area contributed by atoms with Crippen molar-refractivity contribution in [1.29, 1.82) is 0 Å². The van der Waals surface area contributed by atoms with Gasteiger partial charge in [-0.15, -0.1) is 0 Å². The molecule has 4 nitrogen and oxygen atoms in total. The molecule has 0 bridgehead atoms. The van der Waals surface area contributed by atoms with E-state index in [-0.39, 0.29) is 21.6 Å². The smallest absolute Gasteiger partial charge is 0.431 e. The van der Waals surface area contributed by atoms with E-state index in [0.717, 1.165) is 6.07 Å². The van der Waals surface area contributed by atoms with E-state index in [4.69, 9.17) is 10.5 Å². The van der Waals surface area contributed by atoms with Crippen LogP contribution >= 0.6 is 15.9 Å². The molecule has 1 heterocycles. The summed E-state index contributed by atoms with van der Waals surface area (Å²) in [4.78, 5) is 12.6. The number of pyridine rings is 1. The van der Waals surface area contributed by atoms with Gasteiger partial charge in [0.15, 0.2) is 0 Å². The van der Waals surface area contributed by atoms with E-state index in [1.54, 1.807) is 30.3 Å². The van der Waals surface area contributed by atoms with Gasteiger partial charge in [0.25, 0.3) is 5.56 Å². The van der Waals surface area contributed by atoms with Gasteiger partial charge in [-0.3, -0.25) is 9.36 Å². The number of benzene rings is 2. The Balaban J connectivity index is 2.56. The second kappa shape index (κ2) is 6.11. The number of anilines is 1. The average molecular weight is 413 g/mol. The van der Waals surface area contributed by atoms with E-state index in [0.29, 0.717) is 15.3 Å². The molecule has 8 heteroatoms. The molecule has 0 atom stereocenters. The van der Waals surface area contributed by atoms with Crippen molar-refractivity contribution in [3.05, 3.63) is 63.0 Å². The normalized spacial score (nSPS) is 11.7. The van der Waals surface area contributed by atoms with Crippen LogP contribution in [0.15, 0.2) is 51.7 Å². The number of nitrogens with two attached hydrogens (primary N) is 1. The minimum Gasteiger partial charge on any atom is -0.495 e. The van der Waals surface area contributed by atoms with Crippen LogP contribution in [0.3, 0.4) is 0 Å². The van der Waals surface area contributed by atoms with Gasteiger partial charge in [0.1, 0.15) is 17.1 Å². The summed E-state index contributed by atoms with van der Waals surface area (Å²) < 4.78 is 46.5. The Labute approximate surface area is 148 Å². The molecule has 0 saturated carbocycles. The van der Waals surface area contributed by atoms with Crippen LogP contribution in [0.5, 0.6) is 5.75 Å². The van der Waals surface area contributed by atoms with Crippen molar-refractivity contribution in [3.8, 4) is 11.4 Å². The van der Waals surface area contributed by atoms with Crippen molar-refractivity contribution in [1.82, 2.24) is 4.57 Å². The van der Waals surface area contributed by atoms with Gasteiger partial charge in [0.2, 0.25) is 0 Å². The minimum atomic E-state index is -4.77. The van der Waals surface area contributed by atoms with E-state index in [2.05, 4.69) is 15.9 Å². The number of alkyl halides is 3. The summed E-state index contributed by atoms with van der Waals surface area (Å²) in [5.74, 6) is 0.132. The van der Waals surface area contributed by atoms with E-state index < -0.39 is 17.4 Å². The number of rotatable bonds is 2. The standard InChI is InChI=1S/C17H12BrF3N2O2/c1-25-12-7-6-9-4-2-3-5-10(9)15(12)23-13(17(19,20)21)8-11(18)14(22)16(23)24/h2-8H,22H2,1H3. The van der Waals surface area contributed by atoms with E-state index in [1.807, 2.05) is 0 Å².